The summed E-state index contributed by atoms with van der Waals surface area (Å²) in [5.41, 5.74) is -1.38. The number of rotatable bonds is 6. The van der Waals surface area contributed by atoms with Crippen molar-refractivity contribution >= 4 is 66.4 Å². The zero-order valence-corrected chi connectivity index (χ0v) is 30.4. The van der Waals surface area contributed by atoms with Crippen molar-refractivity contribution in [2.24, 2.45) is 11.8 Å². The lowest BCUT2D eigenvalue weighted by molar-refractivity contribution is -0.140. The van der Waals surface area contributed by atoms with Gasteiger partial charge in [-0.2, -0.15) is 54.0 Å². The van der Waals surface area contributed by atoms with Crippen molar-refractivity contribution in [1.29, 1.82) is 0 Å². The Balaban J connectivity index is -0.0000000928. The van der Waals surface area contributed by atoms with Crippen LogP contribution in [-0.4, -0.2) is 71.2 Å². The molecule has 0 aromatic heterocycles. The van der Waals surface area contributed by atoms with Crippen LogP contribution in [0.1, 0.15) is 102 Å². The quantitative estimate of drug-likeness (QED) is 0.251. The molecule has 8 nitrogen and oxygen atoms in total. The van der Waals surface area contributed by atoms with Gasteiger partial charge < -0.3 is 30.3 Å². The third-order valence-corrected chi connectivity index (χ3v) is 6.62. The number of nitrogens with one attached hydrogen (secondary N) is 2. The second-order valence-electron chi connectivity index (χ2n) is 11.3. The molecular weight excluding hydrogens is 577 g/mol. The van der Waals surface area contributed by atoms with Crippen LogP contribution in [0.2, 0.25) is 0 Å². The predicted octanol–water partition coefficient (Wildman–Crippen LogP) is 4.27. The van der Waals surface area contributed by atoms with Gasteiger partial charge >= 0.3 is 5.97 Å². The molecule has 2 fully saturated rings. The van der Waals surface area contributed by atoms with Gasteiger partial charge in [-0.3, -0.25) is 9.59 Å². The summed E-state index contributed by atoms with van der Waals surface area (Å²) in [5, 5.41) is 26.7. The topological polar surface area (TPSA) is 117 Å². The van der Waals surface area contributed by atoms with E-state index in [2.05, 4.69) is 47.8 Å². The molecule has 4 N–H and O–H groups in total. The summed E-state index contributed by atoms with van der Waals surface area (Å²) < 4.78 is 8.95. The van der Waals surface area contributed by atoms with Crippen LogP contribution >= 0.6 is 54.0 Å². The Labute approximate surface area is 267 Å². The van der Waals surface area contributed by atoms with Crippen molar-refractivity contribution in [3.8, 4) is 0 Å². The first kappa shape index (κ1) is 51.9. The fourth-order valence-electron chi connectivity index (χ4n) is 3.52. The number of aliphatic hydroxyl groups is 2. The van der Waals surface area contributed by atoms with E-state index >= 15 is 0 Å². The van der Waals surface area contributed by atoms with Crippen LogP contribution in [0.5, 0.6) is 0 Å². The number of hydrogen-bond acceptors (Lipinski definition) is 8. The Kier molecular flexibility index (Phi) is 34.4. The fourth-order valence-corrected chi connectivity index (χ4v) is 3.52. The Hall–Kier alpha value is 0.180. The minimum Gasteiger partial charge on any atom is -0.466 e. The highest BCUT2D eigenvalue weighted by Crippen LogP contribution is 2.26. The molecule has 0 aliphatic carbocycles. The lowest BCUT2D eigenvalue weighted by atomic mass is 9.84. The summed E-state index contributed by atoms with van der Waals surface area (Å²) in [5.74, 6) is 0.452. The summed E-state index contributed by atoms with van der Waals surface area (Å²) >= 11 is 0. The van der Waals surface area contributed by atoms with E-state index in [-0.39, 0.29) is 65.6 Å². The molecule has 2 aliphatic rings. The normalized spacial score (nSPS) is 20.5. The van der Waals surface area contributed by atoms with Crippen LogP contribution in [0.15, 0.2) is 0 Å². The van der Waals surface area contributed by atoms with Crippen LogP contribution in [0, 0.1) is 11.8 Å². The third-order valence-electron chi connectivity index (χ3n) is 6.62. The summed E-state index contributed by atoms with van der Waals surface area (Å²) in [6, 6.07) is 0.616. The average molecular weight is 641 g/mol. The molecule has 0 aromatic carbocycles. The smallest absolute Gasteiger partial charge is 0.302 e. The molecule has 0 aromatic rings. The molecule has 2 heterocycles. The van der Waals surface area contributed by atoms with Crippen molar-refractivity contribution in [2.45, 2.75) is 131 Å². The first-order valence-corrected chi connectivity index (χ1v) is 13.1. The van der Waals surface area contributed by atoms with Gasteiger partial charge in [-0.1, -0.05) is 27.7 Å². The Bertz CT molecular complexity index is 545. The maximum absolute atomic E-state index is 10.0. The third kappa shape index (κ3) is 24.5. The largest absolute Gasteiger partial charge is 0.466 e. The molecule has 0 bridgehead atoms. The fraction of sp³-hybridized carbons (Fsp3) is 0.926. The highest BCUT2D eigenvalue weighted by Gasteiger charge is 2.37. The van der Waals surface area contributed by atoms with Crippen LogP contribution in [-0.2, 0) is 19.1 Å². The highest BCUT2D eigenvalue weighted by atomic mass is 32.1. The minimum absolute atomic E-state index is 0. The first-order valence-electron chi connectivity index (χ1n) is 13.1. The molecule has 0 unspecified atom stereocenters. The number of hydrogen-bond donors (Lipinski definition) is 4. The van der Waals surface area contributed by atoms with Gasteiger partial charge in [-0.25, -0.2) is 0 Å². The number of carbonyl (C=O) groups is 2. The van der Waals surface area contributed by atoms with E-state index in [1.54, 1.807) is 6.92 Å². The molecule has 4 atom stereocenters. The predicted molar refractivity (Wildman–Crippen MR) is 184 cm³/mol. The molecular formula is C27H64N2O6S4. The van der Waals surface area contributed by atoms with Gasteiger partial charge in [0.2, 0.25) is 0 Å². The monoisotopic (exact) mass is 640 g/mol. The van der Waals surface area contributed by atoms with Gasteiger partial charge in [0, 0.05) is 19.0 Å². The summed E-state index contributed by atoms with van der Waals surface area (Å²) in [4.78, 5) is 19.4. The second kappa shape index (κ2) is 25.9. The van der Waals surface area contributed by atoms with Crippen molar-refractivity contribution in [3.05, 3.63) is 0 Å². The standard InChI is InChI=1S/2C9H19NO.C5H10O2.C4H8O2.4H2S/c2*1-7(2)9(3,11)8-5-4-6-10-8;1-5(2,3)7-4-6;1-3-6-4(2)5;;;;/h2*7-8,10-11H,4-6H2,1-3H3;4H,1-3H3;3H2,1-2H3;4*1H2/t2*8-,9-;;;;;;/m00....../s1. The van der Waals surface area contributed by atoms with Gasteiger partial charge in [0.1, 0.15) is 5.60 Å². The molecule has 12 heteroatoms. The van der Waals surface area contributed by atoms with Gasteiger partial charge in [0.15, 0.2) is 0 Å². The molecule has 2 rings (SSSR count). The van der Waals surface area contributed by atoms with E-state index in [1.165, 1.54) is 19.8 Å². The zero-order chi connectivity index (χ0) is 27.9. The maximum Gasteiger partial charge on any atom is 0.302 e. The van der Waals surface area contributed by atoms with Crippen molar-refractivity contribution < 1.29 is 29.3 Å². The average Bonchev–Trinajstić information content (AvgIpc) is 3.43. The second-order valence-corrected chi connectivity index (χ2v) is 11.3. The number of ether oxygens (including phenoxy) is 2. The van der Waals surface area contributed by atoms with Crippen LogP contribution in [0.3, 0.4) is 0 Å². The summed E-state index contributed by atoms with van der Waals surface area (Å²) in [7, 11) is 0. The molecule has 2 saturated heterocycles. The van der Waals surface area contributed by atoms with E-state index in [4.69, 9.17) is 0 Å². The Morgan fingerprint density at radius 2 is 1.18 bits per heavy atom. The van der Waals surface area contributed by atoms with E-state index in [0.29, 0.717) is 37.0 Å². The lowest BCUT2D eigenvalue weighted by Crippen LogP contribution is -2.49. The van der Waals surface area contributed by atoms with E-state index in [9.17, 15) is 19.8 Å². The summed E-state index contributed by atoms with van der Waals surface area (Å²) in [6.07, 6.45) is 4.64. The first-order chi connectivity index (χ1) is 15.9. The molecule has 39 heavy (non-hydrogen) atoms. The van der Waals surface area contributed by atoms with E-state index < -0.39 is 11.2 Å². The van der Waals surface area contributed by atoms with Gasteiger partial charge in [0.05, 0.1) is 17.8 Å². The molecule has 242 valence electrons. The molecule has 0 amide bonds. The van der Waals surface area contributed by atoms with Gasteiger partial charge in [-0.15, -0.1) is 0 Å². The van der Waals surface area contributed by atoms with E-state index in [1.807, 2.05) is 34.6 Å². The van der Waals surface area contributed by atoms with Crippen molar-refractivity contribution in [1.82, 2.24) is 10.6 Å². The number of carbonyl (C=O) groups excluding carboxylic acids is 2. The number of esters is 1. The van der Waals surface area contributed by atoms with Crippen LogP contribution < -0.4 is 10.6 Å². The maximum atomic E-state index is 10.0. The summed E-state index contributed by atoms with van der Waals surface area (Å²) in [6.45, 7) is 23.8. The Morgan fingerprint density at radius 1 is 0.846 bits per heavy atom. The minimum atomic E-state index is -0.531. The van der Waals surface area contributed by atoms with Crippen LogP contribution in [0.25, 0.3) is 0 Å². The van der Waals surface area contributed by atoms with Crippen molar-refractivity contribution in [3.63, 3.8) is 0 Å². The lowest BCUT2D eigenvalue weighted by Gasteiger charge is -2.34. The van der Waals surface area contributed by atoms with E-state index in [0.717, 1.165) is 25.9 Å². The van der Waals surface area contributed by atoms with Crippen molar-refractivity contribution in [2.75, 3.05) is 19.7 Å². The molecule has 2 aliphatic heterocycles. The highest BCUT2D eigenvalue weighted by molar-refractivity contribution is 7.59. The molecule has 0 spiro atoms. The van der Waals surface area contributed by atoms with Crippen LogP contribution in [0.4, 0.5) is 0 Å². The Morgan fingerprint density at radius 3 is 1.28 bits per heavy atom. The SMILES string of the molecule is CC(C)(C)OC=O.CC(C)[C@](C)(O)[C@@H]1CCCN1.CC(C)[C@](C)(O)[C@@H]1CCCN1.CCOC(C)=O.S.S.S.S. The molecule has 0 radical (unpaired) electrons. The molecule has 0 saturated carbocycles. The van der Waals surface area contributed by atoms with Gasteiger partial charge in [-0.05, 0) is 92.2 Å². The zero-order valence-electron chi connectivity index (χ0n) is 26.4. The van der Waals surface area contributed by atoms with Gasteiger partial charge in [0.25, 0.3) is 6.47 Å².